The molecule has 0 atom stereocenters. The number of hydrogen-bond acceptors (Lipinski definition) is 1. The molecule has 0 fully saturated rings. The topological polar surface area (TPSA) is 0 Å². The molecule has 0 saturated carbocycles. The Morgan fingerprint density at radius 3 is 2.69 bits per heavy atom. The van der Waals surface area contributed by atoms with Crippen LogP contribution in [0.2, 0.25) is 5.02 Å². The number of halogens is 1. The molecule has 1 aromatic carbocycles. The lowest BCUT2D eigenvalue weighted by Gasteiger charge is -2.03. The van der Waals surface area contributed by atoms with Crippen LogP contribution in [0.4, 0.5) is 0 Å². The van der Waals surface area contributed by atoms with Crippen molar-refractivity contribution in [1.29, 1.82) is 0 Å². The quantitative estimate of drug-likeness (QED) is 0.653. The minimum Gasteiger partial charge on any atom is -0.152 e. The molecule has 0 unspecified atom stereocenters. The van der Waals surface area contributed by atoms with Gasteiger partial charge in [-0.05, 0) is 52.6 Å². The first-order chi connectivity index (χ1) is 6.27. The Morgan fingerprint density at radius 1 is 1.23 bits per heavy atom. The van der Waals surface area contributed by atoms with Gasteiger partial charge in [-0.25, -0.2) is 0 Å². The van der Waals surface area contributed by atoms with Gasteiger partial charge in [-0.15, -0.1) is 0 Å². The summed E-state index contributed by atoms with van der Waals surface area (Å²) in [5.41, 5.74) is 3.77. The molecule has 0 aliphatic carbocycles. The zero-order valence-electron chi connectivity index (χ0n) is 7.25. The van der Waals surface area contributed by atoms with E-state index in [1.54, 1.807) is 11.3 Å². The van der Waals surface area contributed by atoms with Crippen molar-refractivity contribution < 1.29 is 0 Å². The predicted molar refractivity (Wildman–Crippen MR) is 59.5 cm³/mol. The first kappa shape index (κ1) is 8.79. The minimum absolute atomic E-state index is 0.802. The summed E-state index contributed by atoms with van der Waals surface area (Å²) in [6, 6.07) is 8.12. The molecule has 2 rings (SSSR count). The van der Waals surface area contributed by atoms with Crippen LogP contribution < -0.4 is 0 Å². The zero-order chi connectivity index (χ0) is 9.26. The number of thiophene rings is 1. The summed E-state index contributed by atoms with van der Waals surface area (Å²) >= 11 is 7.60. The summed E-state index contributed by atoms with van der Waals surface area (Å²) in [7, 11) is 0. The molecule has 0 N–H and O–H groups in total. The average Bonchev–Trinajstić information content (AvgIpc) is 2.56. The van der Waals surface area contributed by atoms with E-state index < -0.39 is 0 Å². The van der Waals surface area contributed by atoms with E-state index in [0.717, 1.165) is 5.02 Å². The molecule has 1 heterocycles. The highest BCUT2D eigenvalue weighted by atomic mass is 35.5. The molecule has 66 valence electrons. The van der Waals surface area contributed by atoms with Gasteiger partial charge in [0.05, 0.1) is 0 Å². The van der Waals surface area contributed by atoms with Crippen molar-refractivity contribution in [2.75, 3.05) is 0 Å². The van der Waals surface area contributed by atoms with Crippen molar-refractivity contribution >= 4 is 22.9 Å². The van der Waals surface area contributed by atoms with Gasteiger partial charge in [-0.2, -0.15) is 11.3 Å². The fourth-order valence-electron chi connectivity index (χ4n) is 1.37. The Bertz CT molecular complexity index is 404. The molecular weight excluding hydrogens is 200 g/mol. The van der Waals surface area contributed by atoms with Crippen LogP contribution in [0.25, 0.3) is 11.1 Å². The molecular formula is C11H9ClS. The van der Waals surface area contributed by atoms with E-state index in [-0.39, 0.29) is 0 Å². The van der Waals surface area contributed by atoms with Crippen LogP contribution in [0.5, 0.6) is 0 Å². The van der Waals surface area contributed by atoms with Gasteiger partial charge in [0.15, 0.2) is 0 Å². The second-order valence-electron chi connectivity index (χ2n) is 2.97. The largest absolute Gasteiger partial charge is 0.152 e. The Kier molecular flexibility index (Phi) is 2.38. The van der Waals surface area contributed by atoms with Gasteiger partial charge >= 0.3 is 0 Å². The molecule has 1 aromatic heterocycles. The summed E-state index contributed by atoms with van der Waals surface area (Å²) in [4.78, 5) is 0. The van der Waals surface area contributed by atoms with Crippen LogP contribution >= 0.6 is 22.9 Å². The van der Waals surface area contributed by atoms with Gasteiger partial charge in [-0.1, -0.05) is 17.7 Å². The Morgan fingerprint density at radius 2 is 2.08 bits per heavy atom. The fraction of sp³-hybridized carbons (Fsp3) is 0.0909. The van der Waals surface area contributed by atoms with Gasteiger partial charge in [-0.3, -0.25) is 0 Å². The van der Waals surface area contributed by atoms with E-state index >= 15 is 0 Å². The summed E-state index contributed by atoms with van der Waals surface area (Å²) in [5.74, 6) is 0. The molecule has 0 nitrogen and oxygen atoms in total. The Balaban J connectivity index is 2.53. The summed E-state index contributed by atoms with van der Waals surface area (Å²) in [6.45, 7) is 2.08. The molecule has 2 heteroatoms. The van der Waals surface area contributed by atoms with Crippen molar-refractivity contribution in [3.63, 3.8) is 0 Å². The Labute approximate surface area is 86.8 Å². The van der Waals surface area contributed by atoms with Crippen LogP contribution in [-0.2, 0) is 0 Å². The lowest BCUT2D eigenvalue weighted by atomic mass is 10.0. The highest BCUT2D eigenvalue weighted by Crippen LogP contribution is 2.27. The number of hydrogen-bond donors (Lipinski definition) is 0. The molecule has 0 aliphatic heterocycles. The average molecular weight is 209 g/mol. The first-order valence-electron chi connectivity index (χ1n) is 4.06. The maximum absolute atomic E-state index is 5.88. The maximum Gasteiger partial charge on any atom is 0.0409 e. The molecule has 0 spiro atoms. The normalized spacial score (nSPS) is 10.3. The van der Waals surface area contributed by atoms with Crippen LogP contribution in [0, 0.1) is 6.92 Å². The van der Waals surface area contributed by atoms with E-state index in [4.69, 9.17) is 11.6 Å². The Hall–Kier alpha value is -0.790. The fourth-order valence-corrected chi connectivity index (χ4v) is 2.25. The van der Waals surface area contributed by atoms with Crippen LogP contribution in [0.1, 0.15) is 5.56 Å². The lowest BCUT2D eigenvalue weighted by Crippen LogP contribution is -1.79. The first-order valence-corrected chi connectivity index (χ1v) is 5.38. The third kappa shape index (κ3) is 1.77. The standard InChI is InChI=1S/C11H9ClS/c1-8-6-10(12)2-3-11(8)9-4-5-13-7-9/h2-7H,1H3. The monoisotopic (exact) mass is 208 g/mol. The van der Waals surface area contributed by atoms with Crippen LogP contribution in [0.15, 0.2) is 35.0 Å². The summed E-state index contributed by atoms with van der Waals surface area (Å²) in [5, 5.41) is 5.04. The summed E-state index contributed by atoms with van der Waals surface area (Å²) in [6.07, 6.45) is 0. The molecule has 2 aromatic rings. The molecule has 0 saturated heterocycles. The zero-order valence-corrected chi connectivity index (χ0v) is 8.82. The van der Waals surface area contributed by atoms with Gasteiger partial charge in [0.2, 0.25) is 0 Å². The number of aryl methyl sites for hydroxylation is 1. The molecule has 0 aliphatic rings. The smallest absolute Gasteiger partial charge is 0.0409 e. The van der Waals surface area contributed by atoms with Crippen molar-refractivity contribution in [3.05, 3.63) is 45.6 Å². The predicted octanol–water partition coefficient (Wildman–Crippen LogP) is 4.38. The van der Waals surface area contributed by atoms with Crippen molar-refractivity contribution in [3.8, 4) is 11.1 Å². The minimum atomic E-state index is 0.802. The summed E-state index contributed by atoms with van der Waals surface area (Å²) < 4.78 is 0. The molecule has 13 heavy (non-hydrogen) atoms. The SMILES string of the molecule is Cc1cc(Cl)ccc1-c1ccsc1. The molecule has 0 amide bonds. The highest BCUT2D eigenvalue weighted by Gasteiger charge is 2.01. The van der Waals surface area contributed by atoms with Crippen molar-refractivity contribution in [2.24, 2.45) is 0 Å². The van der Waals surface area contributed by atoms with Crippen molar-refractivity contribution in [2.45, 2.75) is 6.92 Å². The third-order valence-corrected chi connectivity index (χ3v) is 2.94. The van der Waals surface area contributed by atoms with Gasteiger partial charge < -0.3 is 0 Å². The second-order valence-corrected chi connectivity index (χ2v) is 4.19. The third-order valence-electron chi connectivity index (χ3n) is 2.02. The van der Waals surface area contributed by atoms with E-state index in [1.807, 2.05) is 12.1 Å². The van der Waals surface area contributed by atoms with Gasteiger partial charge in [0, 0.05) is 5.02 Å². The second kappa shape index (κ2) is 3.52. The van der Waals surface area contributed by atoms with E-state index in [2.05, 4.69) is 29.8 Å². The van der Waals surface area contributed by atoms with Crippen molar-refractivity contribution in [1.82, 2.24) is 0 Å². The number of rotatable bonds is 1. The van der Waals surface area contributed by atoms with Gasteiger partial charge in [0.25, 0.3) is 0 Å². The number of benzene rings is 1. The van der Waals surface area contributed by atoms with E-state index in [9.17, 15) is 0 Å². The van der Waals surface area contributed by atoms with E-state index in [0.29, 0.717) is 0 Å². The molecule has 0 radical (unpaired) electrons. The van der Waals surface area contributed by atoms with Gasteiger partial charge in [0.1, 0.15) is 0 Å². The lowest BCUT2D eigenvalue weighted by molar-refractivity contribution is 1.47. The highest BCUT2D eigenvalue weighted by molar-refractivity contribution is 7.08. The van der Waals surface area contributed by atoms with E-state index in [1.165, 1.54) is 16.7 Å². The maximum atomic E-state index is 5.88. The molecule has 0 bridgehead atoms. The van der Waals surface area contributed by atoms with Crippen LogP contribution in [0.3, 0.4) is 0 Å². The van der Waals surface area contributed by atoms with Crippen LogP contribution in [-0.4, -0.2) is 0 Å².